The molecule has 5 heteroatoms. The van der Waals surface area contributed by atoms with E-state index in [1.54, 1.807) is 0 Å². The highest BCUT2D eigenvalue weighted by atomic mass is 16.5. The van der Waals surface area contributed by atoms with Crippen LogP contribution >= 0.6 is 0 Å². The van der Waals surface area contributed by atoms with E-state index in [4.69, 9.17) is 4.74 Å². The standard InChI is InChI=1S/C15H22N4O/c1-18-7-8-20-12(11-18)9-16-10-15-17-13-5-3-4-6-14(13)19(15)2/h3-6,12,16H,7-11H2,1-2H3/t12-/m0/s1. The molecule has 2 heterocycles. The maximum absolute atomic E-state index is 5.74. The van der Waals surface area contributed by atoms with Crippen molar-refractivity contribution in [3.05, 3.63) is 30.1 Å². The lowest BCUT2D eigenvalue weighted by atomic mass is 10.3. The number of hydrogen-bond donors (Lipinski definition) is 1. The van der Waals surface area contributed by atoms with Gasteiger partial charge in [0.15, 0.2) is 0 Å². The molecule has 0 unspecified atom stereocenters. The number of ether oxygens (including phenoxy) is 1. The van der Waals surface area contributed by atoms with E-state index in [9.17, 15) is 0 Å². The predicted octanol–water partition coefficient (Wildman–Crippen LogP) is 0.993. The summed E-state index contributed by atoms with van der Waals surface area (Å²) in [7, 11) is 4.21. The molecule has 108 valence electrons. The van der Waals surface area contributed by atoms with Crippen LogP contribution in [0.2, 0.25) is 0 Å². The Balaban J connectivity index is 1.58. The van der Waals surface area contributed by atoms with E-state index < -0.39 is 0 Å². The van der Waals surface area contributed by atoms with Crippen LogP contribution in [-0.2, 0) is 18.3 Å². The topological polar surface area (TPSA) is 42.3 Å². The third kappa shape index (κ3) is 2.85. The SMILES string of the molecule is CN1CCO[C@@H](CNCc2nc3ccccc3n2C)C1. The van der Waals surface area contributed by atoms with E-state index in [0.717, 1.165) is 44.1 Å². The summed E-state index contributed by atoms with van der Waals surface area (Å²) in [5, 5.41) is 3.46. The number of hydrogen-bond acceptors (Lipinski definition) is 4. The zero-order valence-corrected chi connectivity index (χ0v) is 12.2. The molecule has 3 rings (SSSR count). The number of fused-ring (bicyclic) bond motifs is 1. The van der Waals surface area contributed by atoms with E-state index in [-0.39, 0.29) is 6.10 Å². The van der Waals surface area contributed by atoms with Gasteiger partial charge in [-0.15, -0.1) is 0 Å². The molecule has 1 aromatic heterocycles. The molecule has 2 aromatic rings. The van der Waals surface area contributed by atoms with Crippen molar-refractivity contribution in [1.29, 1.82) is 0 Å². The number of nitrogens with zero attached hydrogens (tertiary/aromatic N) is 3. The lowest BCUT2D eigenvalue weighted by Gasteiger charge is -2.30. The van der Waals surface area contributed by atoms with Crippen molar-refractivity contribution in [1.82, 2.24) is 19.8 Å². The highest BCUT2D eigenvalue weighted by Crippen LogP contribution is 2.14. The van der Waals surface area contributed by atoms with Gasteiger partial charge in [-0.2, -0.15) is 0 Å². The molecule has 0 amide bonds. The molecule has 0 spiro atoms. The first kappa shape index (κ1) is 13.5. The van der Waals surface area contributed by atoms with Crippen molar-refractivity contribution in [2.75, 3.05) is 33.3 Å². The van der Waals surface area contributed by atoms with Gasteiger partial charge >= 0.3 is 0 Å². The first-order valence-electron chi connectivity index (χ1n) is 7.15. The van der Waals surface area contributed by atoms with E-state index >= 15 is 0 Å². The predicted molar refractivity (Wildman–Crippen MR) is 79.7 cm³/mol. The third-order valence-electron chi connectivity index (χ3n) is 3.88. The number of aromatic nitrogens is 2. The monoisotopic (exact) mass is 274 g/mol. The summed E-state index contributed by atoms with van der Waals surface area (Å²) >= 11 is 0. The van der Waals surface area contributed by atoms with Gasteiger partial charge in [0.25, 0.3) is 0 Å². The van der Waals surface area contributed by atoms with Crippen LogP contribution in [-0.4, -0.2) is 53.8 Å². The summed E-state index contributed by atoms with van der Waals surface area (Å²) in [5.74, 6) is 1.07. The third-order valence-corrected chi connectivity index (χ3v) is 3.88. The Morgan fingerprint density at radius 1 is 1.35 bits per heavy atom. The van der Waals surface area contributed by atoms with Gasteiger partial charge in [0.1, 0.15) is 5.82 Å². The first-order chi connectivity index (χ1) is 9.74. The Morgan fingerprint density at radius 2 is 2.20 bits per heavy atom. The van der Waals surface area contributed by atoms with Crippen LogP contribution in [0.15, 0.2) is 24.3 Å². The molecule has 1 aliphatic rings. The van der Waals surface area contributed by atoms with Gasteiger partial charge in [0.05, 0.1) is 30.3 Å². The first-order valence-corrected chi connectivity index (χ1v) is 7.15. The smallest absolute Gasteiger partial charge is 0.123 e. The summed E-state index contributed by atoms with van der Waals surface area (Å²) < 4.78 is 7.89. The summed E-state index contributed by atoms with van der Waals surface area (Å²) in [4.78, 5) is 6.97. The molecular weight excluding hydrogens is 252 g/mol. The van der Waals surface area contributed by atoms with Crippen molar-refractivity contribution >= 4 is 11.0 Å². The number of benzene rings is 1. The second-order valence-electron chi connectivity index (χ2n) is 5.46. The Bertz CT molecular complexity index is 580. The van der Waals surface area contributed by atoms with Crippen molar-refractivity contribution in [2.24, 2.45) is 7.05 Å². The minimum atomic E-state index is 0.281. The second kappa shape index (κ2) is 5.91. The molecule has 1 atom stereocenters. The minimum Gasteiger partial charge on any atom is -0.374 e. The Hall–Kier alpha value is -1.43. The Labute approximate surface area is 119 Å². The molecule has 1 saturated heterocycles. The Kier molecular flexibility index (Phi) is 4.00. The van der Waals surface area contributed by atoms with Crippen LogP contribution in [0.25, 0.3) is 11.0 Å². The molecule has 0 radical (unpaired) electrons. The summed E-state index contributed by atoms with van der Waals surface area (Å²) in [6.07, 6.45) is 0.281. The van der Waals surface area contributed by atoms with Crippen LogP contribution in [0.3, 0.4) is 0 Å². The molecule has 1 aromatic carbocycles. The number of morpholine rings is 1. The van der Waals surface area contributed by atoms with Crippen LogP contribution in [0.5, 0.6) is 0 Å². The zero-order chi connectivity index (χ0) is 13.9. The van der Waals surface area contributed by atoms with Gasteiger partial charge in [-0.05, 0) is 19.2 Å². The highest BCUT2D eigenvalue weighted by molar-refractivity contribution is 5.75. The van der Waals surface area contributed by atoms with E-state index in [1.165, 1.54) is 5.52 Å². The van der Waals surface area contributed by atoms with Gasteiger partial charge in [-0.25, -0.2) is 4.98 Å². The molecule has 1 N–H and O–H groups in total. The maximum atomic E-state index is 5.74. The van der Waals surface area contributed by atoms with E-state index in [2.05, 4.69) is 46.0 Å². The molecule has 5 nitrogen and oxygen atoms in total. The number of rotatable bonds is 4. The fourth-order valence-corrected chi connectivity index (χ4v) is 2.69. The minimum absolute atomic E-state index is 0.281. The van der Waals surface area contributed by atoms with Gasteiger partial charge in [-0.1, -0.05) is 12.1 Å². The molecule has 0 aliphatic carbocycles. The van der Waals surface area contributed by atoms with Gasteiger partial charge in [-0.3, -0.25) is 0 Å². The van der Waals surface area contributed by atoms with Crippen molar-refractivity contribution < 1.29 is 4.74 Å². The maximum Gasteiger partial charge on any atom is 0.123 e. The quantitative estimate of drug-likeness (QED) is 0.903. The van der Waals surface area contributed by atoms with Crippen LogP contribution in [0.1, 0.15) is 5.82 Å². The average Bonchev–Trinajstić information content (AvgIpc) is 2.76. The van der Waals surface area contributed by atoms with Crippen molar-refractivity contribution in [3.8, 4) is 0 Å². The number of aryl methyl sites for hydroxylation is 1. The van der Waals surface area contributed by atoms with Gasteiger partial charge < -0.3 is 19.5 Å². The van der Waals surface area contributed by atoms with Crippen LogP contribution < -0.4 is 5.32 Å². The van der Waals surface area contributed by atoms with E-state index in [0.29, 0.717) is 0 Å². The largest absolute Gasteiger partial charge is 0.374 e. The van der Waals surface area contributed by atoms with Gasteiger partial charge in [0, 0.05) is 26.7 Å². The molecule has 20 heavy (non-hydrogen) atoms. The van der Waals surface area contributed by atoms with Crippen LogP contribution in [0.4, 0.5) is 0 Å². The summed E-state index contributed by atoms with van der Waals surface area (Å²) in [5.41, 5.74) is 2.23. The average molecular weight is 274 g/mol. The highest BCUT2D eigenvalue weighted by Gasteiger charge is 2.17. The lowest BCUT2D eigenvalue weighted by Crippen LogP contribution is -2.44. The summed E-state index contributed by atoms with van der Waals surface area (Å²) in [6, 6.07) is 8.23. The molecule has 1 fully saturated rings. The summed E-state index contributed by atoms with van der Waals surface area (Å²) in [6.45, 7) is 4.49. The Morgan fingerprint density at radius 3 is 3.00 bits per heavy atom. The molecule has 0 bridgehead atoms. The number of imidazole rings is 1. The molecule has 0 saturated carbocycles. The van der Waals surface area contributed by atoms with Crippen molar-refractivity contribution in [2.45, 2.75) is 12.6 Å². The van der Waals surface area contributed by atoms with Gasteiger partial charge in [0.2, 0.25) is 0 Å². The second-order valence-corrected chi connectivity index (χ2v) is 5.46. The fraction of sp³-hybridized carbons (Fsp3) is 0.533. The van der Waals surface area contributed by atoms with Crippen molar-refractivity contribution in [3.63, 3.8) is 0 Å². The molecular formula is C15H22N4O. The fourth-order valence-electron chi connectivity index (χ4n) is 2.69. The normalized spacial score (nSPS) is 20.6. The number of para-hydroxylation sites is 2. The number of likely N-dealkylation sites (N-methyl/N-ethyl adjacent to an activating group) is 1. The molecule has 1 aliphatic heterocycles. The van der Waals surface area contributed by atoms with E-state index in [1.807, 2.05) is 12.1 Å². The number of nitrogens with one attached hydrogen (secondary N) is 1. The van der Waals surface area contributed by atoms with Crippen LogP contribution in [0, 0.1) is 0 Å². The lowest BCUT2D eigenvalue weighted by molar-refractivity contribution is -0.0183. The zero-order valence-electron chi connectivity index (χ0n) is 12.2.